The number of carbonyl (C=O) groups excluding carboxylic acids is 1. The summed E-state index contributed by atoms with van der Waals surface area (Å²) in [5.41, 5.74) is 3.88. The summed E-state index contributed by atoms with van der Waals surface area (Å²) in [5, 5.41) is 3.05. The third-order valence-corrected chi connectivity index (χ3v) is 6.06. The Bertz CT molecular complexity index is 1020. The van der Waals surface area contributed by atoms with Gasteiger partial charge in [0.15, 0.2) is 0 Å². The first kappa shape index (κ1) is 21.2. The number of rotatable bonds is 7. The van der Waals surface area contributed by atoms with Crippen LogP contribution in [-0.2, 0) is 17.8 Å². The van der Waals surface area contributed by atoms with Gasteiger partial charge in [-0.2, -0.15) is 0 Å². The normalized spacial score (nSPS) is 18.8. The van der Waals surface area contributed by atoms with Crippen molar-refractivity contribution in [3.05, 3.63) is 90.0 Å². The molecule has 4 rings (SSSR count). The molecular formula is C26H28FN3O. The van der Waals surface area contributed by atoms with Gasteiger partial charge in [0.05, 0.1) is 5.41 Å². The Kier molecular flexibility index (Phi) is 6.42. The van der Waals surface area contributed by atoms with E-state index < -0.39 is 5.41 Å². The summed E-state index contributed by atoms with van der Waals surface area (Å²) in [6.07, 6.45) is 5.06. The third-order valence-electron chi connectivity index (χ3n) is 6.06. The largest absolute Gasteiger partial charge is 0.356 e. The molecule has 1 aliphatic rings. The highest BCUT2D eigenvalue weighted by atomic mass is 19.1. The smallest absolute Gasteiger partial charge is 0.227 e. The van der Waals surface area contributed by atoms with Crippen LogP contribution in [-0.4, -0.2) is 35.4 Å². The first-order valence-electron chi connectivity index (χ1n) is 10.8. The summed E-state index contributed by atoms with van der Waals surface area (Å²) >= 11 is 0. The van der Waals surface area contributed by atoms with Crippen molar-refractivity contribution in [1.82, 2.24) is 15.2 Å². The van der Waals surface area contributed by atoms with E-state index in [1.807, 2.05) is 25.1 Å². The van der Waals surface area contributed by atoms with Crippen LogP contribution in [0, 0.1) is 11.2 Å². The number of pyridine rings is 1. The molecule has 1 atom stereocenters. The Labute approximate surface area is 183 Å². The van der Waals surface area contributed by atoms with E-state index in [9.17, 15) is 9.18 Å². The van der Waals surface area contributed by atoms with Gasteiger partial charge in [-0.1, -0.05) is 36.4 Å². The van der Waals surface area contributed by atoms with Crippen LogP contribution in [0.2, 0.25) is 0 Å². The number of nitrogens with zero attached hydrogens (tertiary/aromatic N) is 2. The standard InChI is InChI=1S/C26H28FN3O/c1-2-29-25(31)26(12-15-30(19-26)18-21-4-3-5-24(27)16-21)17-20-6-8-22(9-7-20)23-10-13-28-14-11-23/h3-11,13-14,16H,2,12,15,17-19H2,1H3,(H,29,31). The van der Waals surface area contributed by atoms with Crippen molar-refractivity contribution in [2.45, 2.75) is 26.3 Å². The highest BCUT2D eigenvalue weighted by Gasteiger charge is 2.44. The summed E-state index contributed by atoms with van der Waals surface area (Å²) in [5.74, 6) is -0.115. The predicted molar refractivity (Wildman–Crippen MR) is 121 cm³/mol. The summed E-state index contributed by atoms with van der Waals surface area (Å²) in [6, 6.07) is 19.1. The summed E-state index contributed by atoms with van der Waals surface area (Å²) in [6.45, 7) is 4.71. The van der Waals surface area contributed by atoms with E-state index in [4.69, 9.17) is 0 Å². The molecule has 160 valence electrons. The van der Waals surface area contributed by atoms with Crippen LogP contribution in [0.15, 0.2) is 73.1 Å². The molecule has 2 aromatic carbocycles. The second-order valence-corrected chi connectivity index (χ2v) is 8.34. The van der Waals surface area contributed by atoms with Gasteiger partial charge in [0.25, 0.3) is 0 Å². The van der Waals surface area contributed by atoms with Crippen molar-refractivity contribution in [2.75, 3.05) is 19.6 Å². The summed E-state index contributed by atoms with van der Waals surface area (Å²) in [7, 11) is 0. The van der Waals surface area contributed by atoms with Crippen molar-refractivity contribution in [2.24, 2.45) is 5.41 Å². The number of amides is 1. The number of hydrogen-bond acceptors (Lipinski definition) is 3. The number of benzene rings is 2. The van der Waals surface area contributed by atoms with Crippen LogP contribution < -0.4 is 5.32 Å². The lowest BCUT2D eigenvalue weighted by atomic mass is 9.79. The molecule has 0 radical (unpaired) electrons. The number of nitrogens with one attached hydrogen (secondary N) is 1. The van der Waals surface area contributed by atoms with Gasteiger partial charge < -0.3 is 5.32 Å². The second-order valence-electron chi connectivity index (χ2n) is 8.34. The molecule has 1 amide bonds. The molecule has 1 aromatic heterocycles. The first-order chi connectivity index (χ1) is 15.1. The molecule has 3 aromatic rings. The maximum absolute atomic E-state index is 13.6. The molecule has 2 heterocycles. The first-order valence-corrected chi connectivity index (χ1v) is 10.8. The van der Waals surface area contributed by atoms with Crippen LogP contribution in [0.3, 0.4) is 0 Å². The lowest BCUT2D eigenvalue weighted by molar-refractivity contribution is -0.130. The minimum absolute atomic E-state index is 0.106. The average Bonchev–Trinajstić information content (AvgIpc) is 3.19. The van der Waals surface area contributed by atoms with Crippen LogP contribution in [0.1, 0.15) is 24.5 Å². The van der Waals surface area contributed by atoms with Crippen molar-refractivity contribution >= 4 is 5.91 Å². The Morgan fingerprint density at radius 3 is 2.52 bits per heavy atom. The van der Waals surface area contributed by atoms with Crippen LogP contribution in [0.4, 0.5) is 4.39 Å². The van der Waals surface area contributed by atoms with Crippen LogP contribution in [0.5, 0.6) is 0 Å². The second kappa shape index (κ2) is 9.40. The molecule has 0 spiro atoms. The monoisotopic (exact) mass is 417 g/mol. The molecule has 0 aliphatic carbocycles. The van der Waals surface area contributed by atoms with Crippen molar-refractivity contribution in [1.29, 1.82) is 0 Å². The maximum Gasteiger partial charge on any atom is 0.227 e. The Morgan fingerprint density at radius 1 is 1.06 bits per heavy atom. The molecule has 0 saturated carbocycles. The van der Waals surface area contributed by atoms with E-state index >= 15 is 0 Å². The molecule has 1 saturated heterocycles. The molecule has 4 nitrogen and oxygen atoms in total. The number of likely N-dealkylation sites (tertiary alicyclic amines) is 1. The molecule has 1 unspecified atom stereocenters. The van der Waals surface area contributed by atoms with Gasteiger partial charge in [-0.15, -0.1) is 0 Å². The summed E-state index contributed by atoms with van der Waals surface area (Å²) in [4.78, 5) is 19.4. The Balaban J connectivity index is 1.51. The van der Waals surface area contributed by atoms with Gasteiger partial charge in [-0.3, -0.25) is 14.7 Å². The molecule has 0 bridgehead atoms. The fraction of sp³-hybridized carbons (Fsp3) is 0.308. The summed E-state index contributed by atoms with van der Waals surface area (Å²) < 4.78 is 13.6. The fourth-order valence-electron chi connectivity index (χ4n) is 4.49. The number of hydrogen-bond donors (Lipinski definition) is 1. The van der Waals surface area contributed by atoms with Gasteiger partial charge in [0.2, 0.25) is 5.91 Å². The zero-order valence-corrected chi connectivity index (χ0v) is 17.9. The van der Waals surface area contributed by atoms with Gasteiger partial charge in [-0.25, -0.2) is 4.39 Å². The number of aromatic nitrogens is 1. The van der Waals surface area contributed by atoms with Gasteiger partial charge >= 0.3 is 0 Å². The van der Waals surface area contributed by atoms with Crippen LogP contribution >= 0.6 is 0 Å². The van der Waals surface area contributed by atoms with Crippen molar-refractivity contribution in [3.8, 4) is 11.1 Å². The van der Waals surface area contributed by atoms with E-state index in [0.717, 1.165) is 35.2 Å². The predicted octanol–water partition coefficient (Wildman–Crippen LogP) is 4.46. The molecular weight excluding hydrogens is 389 g/mol. The zero-order valence-electron chi connectivity index (χ0n) is 17.9. The fourth-order valence-corrected chi connectivity index (χ4v) is 4.49. The van der Waals surface area contributed by atoms with Crippen molar-refractivity contribution < 1.29 is 9.18 Å². The van der Waals surface area contributed by atoms with Crippen molar-refractivity contribution in [3.63, 3.8) is 0 Å². The molecule has 1 N–H and O–H groups in total. The van der Waals surface area contributed by atoms with Crippen LogP contribution in [0.25, 0.3) is 11.1 Å². The quantitative estimate of drug-likeness (QED) is 0.617. The van der Waals surface area contributed by atoms with E-state index in [2.05, 4.69) is 39.5 Å². The minimum Gasteiger partial charge on any atom is -0.356 e. The number of carbonyl (C=O) groups is 1. The molecule has 5 heteroatoms. The van der Waals surface area contributed by atoms with Gasteiger partial charge in [0.1, 0.15) is 5.82 Å². The van der Waals surface area contributed by atoms with E-state index in [1.54, 1.807) is 24.5 Å². The highest BCUT2D eigenvalue weighted by molar-refractivity contribution is 5.83. The number of halogens is 1. The lowest BCUT2D eigenvalue weighted by Gasteiger charge is -2.28. The van der Waals surface area contributed by atoms with E-state index in [1.165, 1.54) is 6.07 Å². The van der Waals surface area contributed by atoms with Gasteiger partial charge in [-0.05, 0) is 72.8 Å². The highest BCUT2D eigenvalue weighted by Crippen LogP contribution is 2.36. The molecule has 1 aliphatic heterocycles. The SMILES string of the molecule is CCNC(=O)C1(Cc2ccc(-c3ccncc3)cc2)CCN(Cc2cccc(F)c2)C1. The molecule has 31 heavy (non-hydrogen) atoms. The molecule has 1 fully saturated rings. The topological polar surface area (TPSA) is 45.2 Å². The Hall–Kier alpha value is -3.05. The lowest BCUT2D eigenvalue weighted by Crippen LogP contribution is -2.44. The Morgan fingerprint density at radius 2 is 1.81 bits per heavy atom. The van der Waals surface area contributed by atoms with E-state index in [0.29, 0.717) is 26.1 Å². The zero-order chi connectivity index (χ0) is 21.7. The maximum atomic E-state index is 13.6. The third kappa shape index (κ3) is 5.00. The average molecular weight is 418 g/mol. The van der Waals surface area contributed by atoms with Gasteiger partial charge in [0, 0.05) is 32.0 Å². The minimum atomic E-state index is -0.471. The van der Waals surface area contributed by atoms with E-state index in [-0.39, 0.29) is 11.7 Å².